The molecule has 99 heavy (non-hydrogen) atoms. The quantitative estimate of drug-likeness (QED) is 0.0376. The first-order valence-electron chi connectivity index (χ1n) is 33.4. The van der Waals surface area contributed by atoms with E-state index in [2.05, 4.69) is 0 Å². The van der Waals surface area contributed by atoms with Crippen molar-refractivity contribution in [3.8, 4) is 0 Å². The zero-order valence-corrected chi connectivity index (χ0v) is 54.6. The Morgan fingerprint density at radius 2 is 0.566 bits per heavy atom. The fourth-order valence-electron chi connectivity index (χ4n) is 12.2. The maximum Gasteiger partial charge on any atom is 0.338 e. The van der Waals surface area contributed by atoms with Crippen LogP contribution in [0.1, 0.15) is 59.7 Å². The van der Waals surface area contributed by atoms with Crippen LogP contribution < -0.4 is 0 Å². The molecule has 0 bridgehead atoms. The van der Waals surface area contributed by atoms with Gasteiger partial charge in [0, 0.05) is 0 Å². The Kier molecular flexibility index (Phi) is 25.9. The fraction of sp³-hybridized carbons (Fsp3) is 0.309. The molecule has 9 aromatic rings. The van der Waals surface area contributed by atoms with Crippen molar-refractivity contribution in [2.75, 3.05) is 19.8 Å². The number of aliphatic hydroxyl groups is 2. The molecule has 3 heterocycles. The van der Waals surface area contributed by atoms with Gasteiger partial charge in [0.25, 0.3) is 0 Å². The molecule has 3 aliphatic rings. The average Bonchev–Trinajstić information content (AvgIpc) is 0.766. The van der Waals surface area contributed by atoms with E-state index in [1.807, 2.05) is 212 Å². The standard InChI is InChI=1S/C81H82O18/c82-46-65-69(73(96-77(83)63-42-24-8-25-43-63)74(79(85)93-65)97-78(84)64-44-26-9-27-45-64)98-81-76(92-53-62-40-22-7-23-41-62)72(90-51-60-36-18-5-19-37-60)70(67(95-81)55-87-48-57-30-12-2-13-31-57)99-80-75(91-52-61-38-20-6-21-39-61)71(89-50-59-34-16-4-17-35-59)68(88-49-58-32-14-3-15-33-58)66(94-80)54-86-47-56-28-10-1-11-29-56/h1-45,65-76,79-82,85H,46-55H2/t65-,66-,67-,68+,69-,70-,71+,72+,73+,74-,75-,76-,79-,80+,81-/m1/s1. The van der Waals surface area contributed by atoms with E-state index in [4.69, 9.17) is 66.3 Å². The fourth-order valence-corrected chi connectivity index (χ4v) is 12.2. The molecule has 0 aliphatic carbocycles. The molecule has 0 radical (unpaired) electrons. The van der Waals surface area contributed by atoms with Gasteiger partial charge in [0.2, 0.25) is 0 Å². The Labute approximate surface area is 576 Å². The number of ether oxygens (including phenoxy) is 14. The van der Waals surface area contributed by atoms with Gasteiger partial charge in [-0.1, -0.05) is 249 Å². The highest BCUT2D eigenvalue weighted by atomic mass is 16.8. The van der Waals surface area contributed by atoms with E-state index in [9.17, 15) is 19.8 Å². The molecule has 3 saturated heterocycles. The van der Waals surface area contributed by atoms with Crippen molar-refractivity contribution in [1.82, 2.24) is 0 Å². The Morgan fingerprint density at radius 1 is 0.293 bits per heavy atom. The number of rotatable bonds is 32. The molecule has 0 amide bonds. The summed E-state index contributed by atoms with van der Waals surface area (Å²) in [5.74, 6) is -1.72. The summed E-state index contributed by atoms with van der Waals surface area (Å²) in [6.45, 7) is -0.155. The second-order valence-electron chi connectivity index (χ2n) is 24.3. The number of benzene rings is 9. The molecule has 3 aliphatic heterocycles. The molecule has 18 heteroatoms. The predicted octanol–water partition coefficient (Wildman–Crippen LogP) is 11.7. The lowest BCUT2D eigenvalue weighted by Gasteiger charge is -2.51. The minimum atomic E-state index is -1.94. The number of aliphatic hydroxyl groups excluding tert-OH is 2. The smallest absolute Gasteiger partial charge is 0.338 e. The van der Waals surface area contributed by atoms with Crippen LogP contribution in [0.2, 0.25) is 0 Å². The van der Waals surface area contributed by atoms with Crippen molar-refractivity contribution >= 4 is 11.9 Å². The monoisotopic (exact) mass is 1340 g/mol. The second kappa shape index (κ2) is 36.4. The summed E-state index contributed by atoms with van der Waals surface area (Å²) in [7, 11) is 0. The lowest BCUT2D eigenvalue weighted by atomic mass is 9.95. The highest BCUT2D eigenvalue weighted by molar-refractivity contribution is 5.90. The van der Waals surface area contributed by atoms with E-state index in [0.29, 0.717) is 0 Å². The van der Waals surface area contributed by atoms with Gasteiger partial charge in [-0.15, -0.1) is 0 Å². The summed E-state index contributed by atoms with van der Waals surface area (Å²) in [4.78, 5) is 28.6. The van der Waals surface area contributed by atoms with Crippen LogP contribution in [0.15, 0.2) is 273 Å². The van der Waals surface area contributed by atoms with Gasteiger partial charge in [-0.25, -0.2) is 9.59 Å². The van der Waals surface area contributed by atoms with Gasteiger partial charge in [0.15, 0.2) is 31.1 Å². The highest BCUT2D eigenvalue weighted by Gasteiger charge is 2.58. The van der Waals surface area contributed by atoms with E-state index in [1.165, 1.54) is 0 Å². The first-order valence-corrected chi connectivity index (χ1v) is 33.4. The Balaban J connectivity index is 0.978. The Morgan fingerprint density at radius 3 is 0.909 bits per heavy atom. The van der Waals surface area contributed by atoms with Gasteiger partial charge in [-0.05, 0) is 63.2 Å². The SMILES string of the molecule is O=C(O[C@@H]1[C@@H](OC(=O)c2ccccc2)[C@H](O)O[C@H](CO)[C@H]1O[C@H]1O[C@H](COCc2ccccc2)[C@@H](O[C@@H]2O[C@H](COCc3ccccc3)[C@H](OCc3ccccc3)[C@H](OCc3ccccc3)[C@H]2OCc2ccccc2)[C@H](OCc2ccccc2)[C@H]1OCc1ccccc1)c1ccccc1. The maximum atomic E-state index is 14.5. The van der Waals surface area contributed by atoms with Gasteiger partial charge < -0.3 is 76.5 Å². The molecule has 15 atom stereocenters. The molecule has 514 valence electrons. The van der Waals surface area contributed by atoms with Crippen LogP contribution in [0.4, 0.5) is 0 Å². The second-order valence-corrected chi connectivity index (χ2v) is 24.3. The number of hydrogen-bond donors (Lipinski definition) is 2. The lowest BCUT2D eigenvalue weighted by molar-refractivity contribution is -0.390. The minimum Gasteiger partial charge on any atom is -0.452 e. The van der Waals surface area contributed by atoms with E-state index in [1.54, 1.807) is 60.7 Å². The van der Waals surface area contributed by atoms with Crippen LogP contribution in [0.25, 0.3) is 0 Å². The topological polar surface area (TPSA) is 204 Å². The first kappa shape index (κ1) is 70.2. The van der Waals surface area contributed by atoms with Crippen LogP contribution in [-0.4, -0.2) is 134 Å². The van der Waals surface area contributed by atoms with Crippen LogP contribution in [0.5, 0.6) is 0 Å². The zero-order chi connectivity index (χ0) is 67.8. The first-order chi connectivity index (χ1) is 48.8. The van der Waals surface area contributed by atoms with Crippen LogP contribution in [0.3, 0.4) is 0 Å². The third kappa shape index (κ3) is 19.6. The molecule has 18 nitrogen and oxygen atoms in total. The van der Waals surface area contributed by atoms with Crippen LogP contribution in [-0.2, 0) is 113 Å². The number of carbonyl (C=O) groups excluding carboxylic acids is 2. The molecule has 0 saturated carbocycles. The minimum absolute atomic E-state index is 0.00131. The van der Waals surface area contributed by atoms with Crippen molar-refractivity contribution in [3.63, 3.8) is 0 Å². The van der Waals surface area contributed by atoms with Crippen molar-refractivity contribution in [3.05, 3.63) is 323 Å². The van der Waals surface area contributed by atoms with Crippen molar-refractivity contribution in [2.45, 2.75) is 138 Å². The summed E-state index contributed by atoms with van der Waals surface area (Å²) in [6, 6.07) is 84.4. The average molecular weight is 1340 g/mol. The molecule has 12 rings (SSSR count). The molecule has 2 N–H and O–H groups in total. The summed E-state index contributed by atoms with van der Waals surface area (Å²) >= 11 is 0. The molecule has 0 spiro atoms. The van der Waals surface area contributed by atoms with Gasteiger partial charge in [-0.2, -0.15) is 0 Å². The molecule has 3 fully saturated rings. The summed E-state index contributed by atoms with van der Waals surface area (Å²) in [5, 5.41) is 23.2. The summed E-state index contributed by atoms with van der Waals surface area (Å²) in [5.41, 5.74) is 6.34. The van der Waals surface area contributed by atoms with Crippen LogP contribution >= 0.6 is 0 Å². The number of hydrogen-bond acceptors (Lipinski definition) is 18. The van der Waals surface area contributed by atoms with Crippen LogP contribution in [0, 0.1) is 0 Å². The predicted molar refractivity (Wildman–Crippen MR) is 364 cm³/mol. The van der Waals surface area contributed by atoms with E-state index in [-0.39, 0.29) is 70.6 Å². The van der Waals surface area contributed by atoms with Crippen molar-refractivity contribution in [1.29, 1.82) is 0 Å². The van der Waals surface area contributed by atoms with Crippen molar-refractivity contribution < 1.29 is 86.1 Å². The van der Waals surface area contributed by atoms with E-state index < -0.39 is 111 Å². The number of carbonyl (C=O) groups is 2. The third-order valence-electron chi connectivity index (χ3n) is 17.3. The van der Waals surface area contributed by atoms with Gasteiger partial charge in [0.1, 0.15) is 61.0 Å². The maximum absolute atomic E-state index is 14.5. The molecule has 9 aromatic carbocycles. The Hall–Kier alpha value is -8.64. The molecular weight excluding hydrogens is 1260 g/mol. The third-order valence-corrected chi connectivity index (χ3v) is 17.3. The summed E-state index contributed by atoms with van der Waals surface area (Å²) < 4.78 is 97.5. The highest BCUT2D eigenvalue weighted by Crippen LogP contribution is 2.39. The lowest BCUT2D eigenvalue weighted by Crippen LogP contribution is -2.68. The van der Waals surface area contributed by atoms with E-state index >= 15 is 0 Å². The van der Waals surface area contributed by atoms with Crippen molar-refractivity contribution in [2.24, 2.45) is 0 Å². The van der Waals surface area contributed by atoms with Gasteiger partial charge in [-0.3, -0.25) is 0 Å². The van der Waals surface area contributed by atoms with Gasteiger partial charge >= 0.3 is 11.9 Å². The molecular formula is C81H82O18. The summed E-state index contributed by atoms with van der Waals surface area (Å²) in [6.07, 6.45) is -19.9. The normalized spacial score (nSPS) is 25.3. The van der Waals surface area contributed by atoms with E-state index in [0.717, 1.165) is 38.9 Å². The van der Waals surface area contributed by atoms with Gasteiger partial charge in [0.05, 0.1) is 77.2 Å². The molecule has 0 aromatic heterocycles. The zero-order valence-electron chi connectivity index (χ0n) is 54.6. The number of esters is 2. The largest absolute Gasteiger partial charge is 0.452 e. The molecule has 0 unspecified atom stereocenters. The Bertz CT molecular complexity index is 3780.